The first-order chi connectivity index (χ1) is 11.8. The summed E-state index contributed by atoms with van der Waals surface area (Å²) in [6, 6.07) is 13.7. The summed E-state index contributed by atoms with van der Waals surface area (Å²) in [5.74, 6) is 0.427. The Morgan fingerprint density at radius 3 is 2.50 bits per heavy atom. The Labute approximate surface area is 143 Å². The van der Waals surface area contributed by atoms with Crippen LogP contribution in [0.5, 0.6) is 5.75 Å². The summed E-state index contributed by atoms with van der Waals surface area (Å²) >= 11 is 0. The molecule has 1 fully saturated rings. The van der Waals surface area contributed by atoms with Crippen molar-refractivity contribution in [3.8, 4) is 5.75 Å². The molecule has 4 nitrogen and oxygen atoms in total. The second-order valence-electron chi connectivity index (χ2n) is 6.30. The maximum atomic E-state index is 13.0. The summed E-state index contributed by atoms with van der Waals surface area (Å²) in [6.07, 6.45) is 7.55. The van der Waals surface area contributed by atoms with Gasteiger partial charge in [-0.25, -0.2) is 0 Å². The molecule has 1 N–H and O–H groups in total. The van der Waals surface area contributed by atoms with Crippen LogP contribution in [-0.2, 0) is 4.79 Å². The number of methoxy groups -OCH3 is 1. The van der Waals surface area contributed by atoms with Gasteiger partial charge in [0.15, 0.2) is 0 Å². The van der Waals surface area contributed by atoms with E-state index < -0.39 is 0 Å². The van der Waals surface area contributed by atoms with Crippen molar-refractivity contribution in [2.24, 2.45) is 0 Å². The summed E-state index contributed by atoms with van der Waals surface area (Å²) in [5.41, 5.74) is 1.71. The van der Waals surface area contributed by atoms with E-state index in [0.717, 1.165) is 29.8 Å². The lowest BCUT2D eigenvalue weighted by molar-refractivity contribution is -0.122. The molecule has 1 heterocycles. The molecule has 0 radical (unpaired) electrons. The third-order valence-corrected chi connectivity index (χ3v) is 4.65. The van der Waals surface area contributed by atoms with Crippen LogP contribution in [0.3, 0.4) is 0 Å². The molecule has 1 saturated carbocycles. The predicted octanol–water partition coefficient (Wildman–Crippen LogP) is 3.67. The topological polar surface area (TPSA) is 51.2 Å². The minimum absolute atomic E-state index is 0.0331. The van der Waals surface area contributed by atoms with E-state index in [-0.39, 0.29) is 17.9 Å². The first-order valence-corrected chi connectivity index (χ1v) is 8.63. The zero-order chi connectivity index (χ0) is 16.8. The molecule has 1 aliphatic carbocycles. The van der Waals surface area contributed by atoms with Gasteiger partial charge in [-0.2, -0.15) is 0 Å². The zero-order valence-electron chi connectivity index (χ0n) is 14.1. The van der Waals surface area contributed by atoms with Crippen LogP contribution >= 0.6 is 0 Å². The fraction of sp³-hybridized carbons (Fsp3) is 0.400. The van der Waals surface area contributed by atoms with Crippen molar-refractivity contribution in [3.63, 3.8) is 0 Å². The number of amides is 1. The summed E-state index contributed by atoms with van der Waals surface area (Å²) in [7, 11) is 1.64. The van der Waals surface area contributed by atoms with Gasteiger partial charge in [0.25, 0.3) is 0 Å². The Balaban J connectivity index is 1.85. The average Bonchev–Trinajstić information content (AvgIpc) is 2.64. The smallest absolute Gasteiger partial charge is 0.233 e. The highest BCUT2D eigenvalue weighted by molar-refractivity contribution is 5.86. The molecular formula is C20H24N2O2. The largest absolute Gasteiger partial charge is 0.497 e. The van der Waals surface area contributed by atoms with Crippen molar-refractivity contribution < 1.29 is 9.53 Å². The van der Waals surface area contributed by atoms with Crippen molar-refractivity contribution in [1.82, 2.24) is 10.3 Å². The number of ether oxygens (including phenoxy) is 1. The molecule has 1 aromatic heterocycles. The van der Waals surface area contributed by atoms with Crippen LogP contribution in [0.15, 0.2) is 48.7 Å². The molecule has 4 heteroatoms. The normalized spacial score (nSPS) is 16.4. The summed E-state index contributed by atoms with van der Waals surface area (Å²) in [5, 5.41) is 3.23. The lowest BCUT2D eigenvalue weighted by Gasteiger charge is -2.25. The predicted molar refractivity (Wildman–Crippen MR) is 94.1 cm³/mol. The van der Waals surface area contributed by atoms with Gasteiger partial charge in [0, 0.05) is 12.2 Å². The summed E-state index contributed by atoms with van der Waals surface area (Å²) in [4.78, 5) is 17.4. The lowest BCUT2D eigenvalue weighted by atomic mass is 9.91. The highest BCUT2D eigenvalue weighted by Crippen LogP contribution is 2.26. The second-order valence-corrected chi connectivity index (χ2v) is 6.30. The van der Waals surface area contributed by atoms with Crippen LogP contribution in [0, 0.1) is 0 Å². The molecule has 126 valence electrons. The highest BCUT2D eigenvalue weighted by Gasteiger charge is 2.26. The molecule has 3 rings (SSSR count). The minimum atomic E-state index is -0.390. The maximum absolute atomic E-state index is 13.0. The Kier molecular flexibility index (Phi) is 5.47. The molecule has 1 aromatic carbocycles. The fourth-order valence-corrected chi connectivity index (χ4v) is 3.33. The van der Waals surface area contributed by atoms with Crippen LogP contribution in [0.25, 0.3) is 0 Å². The van der Waals surface area contributed by atoms with Gasteiger partial charge in [0.1, 0.15) is 11.7 Å². The van der Waals surface area contributed by atoms with E-state index >= 15 is 0 Å². The first-order valence-electron chi connectivity index (χ1n) is 8.63. The highest BCUT2D eigenvalue weighted by atomic mass is 16.5. The SMILES string of the molecule is COc1ccc(C(C(=O)NC2CCCCC2)c2ccccn2)cc1. The molecular weight excluding hydrogens is 300 g/mol. The number of rotatable bonds is 5. The van der Waals surface area contributed by atoms with Crippen molar-refractivity contribution in [2.75, 3.05) is 7.11 Å². The number of benzene rings is 1. The van der Waals surface area contributed by atoms with E-state index in [1.165, 1.54) is 19.3 Å². The summed E-state index contributed by atoms with van der Waals surface area (Å²) in [6.45, 7) is 0. The number of pyridine rings is 1. The van der Waals surface area contributed by atoms with E-state index in [1.807, 2.05) is 42.5 Å². The van der Waals surface area contributed by atoms with E-state index in [0.29, 0.717) is 0 Å². The zero-order valence-corrected chi connectivity index (χ0v) is 14.1. The van der Waals surface area contributed by atoms with Gasteiger partial charge in [-0.3, -0.25) is 9.78 Å². The lowest BCUT2D eigenvalue weighted by Crippen LogP contribution is -2.39. The number of nitrogens with zero attached hydrogens (tertiary/aromatic N) is 1. The molecule has 1 atom stereocenters. The monoisotopic (exact) mass is 324 g/mol. The molecule has 2 aromatic rings. The molecule has 0 saturated heterocycles. The van der Waals surface area contributed by atoms with Crippen molar-refractivity contribution in [1.29, 1.82) is 0 Å². The standard InChI is InChI=1S/C20H24N2O2/c1-24-17-12-10-15(11-13-17)19(18-9-5-6-14-21-18)20(23)22-16-7-3-2-4-8-16/h5-6,9-14,16,19H,2-4,7-8H2,1H3,(H,22,23). The number of hydrogen-bond acceptors (Lipinski definition) is 3. The number of hydrogen-bond donors (Lipinski definition) is 1. The Bertz CT molecular complexity index is 649. The fourth-order valence-electron chi connectivity index (χ4n) is 3.33. The van der Waals surface area contributed by atoms with Crippen LogP contribution in [-0.4, -0.2) is 24.0 Å². The Morgan fingerprint density at radius 2 is 1.88 bits per heavy atom. The second kappa shape index (κ2) is 7.95. The number of aromatic nitrogens is 1. The van der Waals surface area contributed by atoms with Gasteiger partial charge in [0.2, 0.25) is 5.91 Å². The maximum Gasteiger partial charge on any atom is 0.233 e. The van der Waals surface area contributed by atoms with E-state index in [4.69, 9.17) is 4.74 Å². The van der Waals surface area contributed by atoms with Gasteiger partial charge < -0.3 is 10.1 Å². The van der Waals surface area contributed by atoms with Crippen LogP contribution < -0.4 is 10.1 Å². The first kappa shape index (κ1) is 16.5. The Hall–Kier alpha value is -2.36. The van der Waals surface area contributed by atoms with Gasteiger partial charge in [0.05, 0.1) is 12.8 Å². The average molecular weight is 324 g/mol. The molecule has 0 aliphatic heterocycles. The summed E-state index contributed by atoms with van der Waals surface area (Å²) < 4.78 is 5.22. The van der Waals surface area contributed by atoms with E-state index in [2.05, 4.69) is 10.3 Å². The minimum Gasteiger partial charge on any atom is -0.497 e. The van der Waals surface area contributed by atoms with E-state index in [1.54, 1.807) is 13.3 Å². The van der Waals surface area contributed by atoms with Crippen LogP contribution in [0.2, 0.25) is 0 Å². The van der Waals surface area contributed by atoms with Crippen LogP contribution in [0.1, 0.15) is 49.3 Å². The number of nitrogens with one attached hydrogen (secondary N) is 1. The third kappa shape index (κ3) is 3.94. The third-order valence-electron chi connectivity index (χ3n) is 4.65. The number of carbonyl (C=O) groups excluding carboxylic acids is 1. The van der Waals surface area contributed by atoms with Gasteiger partial charge in [-0.1, -0.05) is 37.5 Å². The van der Waals surface area contributed by atoms with Crippen molar-refractivity contribution in [3.05, 3.63) is 59.9 Å². The van der Waals surface area contributed by atoms with Gasteiger partial charge >= 0.3 is 0 Å². The molecule has 1 unspecified atom stereocenters. The molecule has 0 spiro atoms. The van der Waals surface area contributed by atoms with Crippen molar-refractivity contribution >= 4 is 5.91 Å². The van der Waals surface area contributed by atoms with E-state index in [9.17, 15) is 4.79 Å². The molecule has 24 heavy (non-hydrogen) atoms. The Morgan fingerprint density at radius 1 is 1.12 bits per heavy atom. The van der Waals surface area contributed by atoms with Gasteiger partial charge in [-0.05, 0) is 42.7 Å². The van der Waals surface area contributed by atoms with Crippen LogP contribution in [0.4, 0.5) is 0 Å². The molecule has 1 amide bonds. The van der Waals surface area contributed by atoms with Gasteiger partial charge in [-0.15, -0.1) is 0 Å². The molecule has 0 bridgehead atoms. The van der Waals surface area contributed by atoms with Crippen molar-refractivity contribution in [2.45, 2.75) is 44.1 Å². The quantitative estimate of drug-likeness (QED) is 0.913. The molecule has 1 aliphatic rings. The number of carbonyl (C=O) groups is 1.